The lowest BCUT2D eigenvalue weighted by Gasteiger charge is -2.32. The Balaban J connectivity index is 1.73. The Kier molecular flexibility index (Phi) is 5.86. The van der Waals surface area contributed by atoms with E-state index in [1.54, 1.807) is 0 Å². The highest BCUT2D eigenvalue weighted by Crippen LogP contribution is 2.38. The smallest absolute Gasteiger partial charge is 0.399 e. The van der Waals surface area contributed by atoms with Gasteiger partial charge in [0.25, 0.3) is 0 Å². The predicted octanol–water partition coefficient (Wildman–Crippen LogP) is 7.34. The van der Waals surface area contributed by atoms with Crippen molar-refractivity contribution in [2.45, 2.75) is 91.3 Å². The third kappa shape index (κ3) is 4.57. The van der Waals surface area contributed by atoms with Crippen LogP contribution in [0.25, 0.3) is 32.9 Å². The van der Waals surface area contributed by atoms with Gasteiger partial charge in [0, 0.05) is 33.0 Å². The minimum absolute atomic E-state index is 0.0437. The molecule has 192 valence electrons. The van der Waals surface area contributed by atoms with Crippen LogP contribution < -0.4 is 5.46 Å². The van der Waals surface area contributed by atoms with Crippen LogP contribution in [0.4, 0.5) is 0 Å². The van der Waals surface area contributed by atoms with Gasteiger partial charge in [-0.2, -0.15) is 0 Å². The van der Waals surface area contributed by atoms with Crippen molar-refractivity contribution in [3.05, 3.63) is 66.0 Å². The molecule has 0 spiro atoms. The molecule has 1 saturated heterocycles. The van der Waals surface area contributed by atoms with E-state index in [4.69, 9.17) is 19.3 Å². The van der Waals surface area contributed by atoms with Crippen LogP contribution in [-0.2, 0) is 20.1 Å². The maximum absolute atomic E-state index is 6.36. The van der Waals surface area contributed by atoms with E-state index >= 15 is 0 Å². The second kappa shape index (κ2) is 8.37. The van der Waals surface area contributed by atoms with Gasteiger partial charge in [-0.05, 0) is 56.4 Å². The Hall–Kier alpha value is -2.76. The van der Waals surface area contributed by atoms with Crippen molar-refractivity contribution < 1.29 is 9.31 Å². The van der Waals surface area contributed by atoms with Gasteiger partial charge < -0.3 is 9.31 Å². The van der Waals surface area contributed by atoms with Gasteiger partial charge >= 0.3 is 7.12 Å². The summed E-state index contributed by atoms with van der Waals surface area (Å²) in [4.78, 5) is 10.4. The molecule has 0 bridgehead atoms. The van der Waals surface area contributed by atoms with Crippen LogP contribution in [0.1, 0.15) is 80.6 Å². The summed E-state index contributed by atoms with van der Waals surface area (Å²) in [6.45, 7) is 21.6. The summed E-state index contributed by atoms with van der Waals surface area (Å²) in [7, 11) is -0.406. The van der Waals surface area contributed by atoms with E-state index in [0.717, 1.165) is 49.8 Å². The number of benzene rings is 2. The van der Waals surface area contributed by atoms with Crippen LogP contribution >= 0.6 is 0 Å². The highest BCUT2D eigenvalue weighted by Gasteiger charge is 2.51. The van der Waals surface area contributed by atoms with Crippen molar-refractivity contribution in [3.8, 4) is 11.1 Å². The number of rotatable bonds is 2. The maximum Gasteiger partial charge on any atom is 0.494 e. The summed E-state index contributed by atoms with van der Waals surface area (Å²) in [5, 5.41) is 2.21. The second-order valence-electron chi connectivity index (χ2n) is 13.5. The lowest BCUT2D eigenvalue weighted by molar-refractivity contribution is 0.00578. The minimum Gasteiger partial charge on any atom is -0.399 e. The summed E-state index contributed by atoms with van der Waals surface area (Å²) < 4.78 is 12.7. The molecule has 1 aliphatic heterocycles. The Labute approximate surface area is 222 Å². The average Bonchev–Trinajstić information content (AvgIpc) is 3.03. The Morgan fingerprint density at radius 2 is 1.27 bits per heavy atom. The van der Waals surface area contributed by atoms with Crippen LogP contribution in [0.2, 0.25) is 0 Å². The fourth-order valence-electron chi connectivity index (χ4n) is 4.74. The fraction of sp³-hybridized carbons (Fsp3) is 0.438. The van der Waals surface area contributed by atoms with Crippen LogP contribution in [0.15, 0.2) is 54.6 Å². The first-order valence-corrected chi connectivity index (χ1v) is 13.3. The van der Waals surface area contributed by atoms with Crippen LogP contribution in [0, 0.1) is 0 Å². The molecule has 2 aromatic heterocycles. The molecule has 4 aromatic rings. The molecule has 0 aliphatic carbocycles. The van der Waals surface area contributed by atoms with Crippen LogP contribution in [0.5, 0.6) is 0 Å². The van der Waals surface area contributed by atoms with E-state index in [1.165, 1.54) is 0 Å². The fourth-order valence-corrected chi connectivity index (χ4v) is 4.74. The zero-order chi connectivity index (χ0) is 27.0. The molecular weight excluding hydrogens is 455 g/mol. The molecular formula is C32H39BN2O2. The summed E-state index contributed by atoms with van der Waals surface area (Å²) in [6.07, 6.45) is 0. The van der Waals surface area contributed by atoms with Crippen molar-refractivity contribution in [1.29, 1.82) is 0 Å². The zero-order valence-electron chi connectivity index (χ0n) is 24.0. The van der Waals surface area contributed by atoms with Gasteiger partial charge in [-0.25, -0.2) is 9.97 Å². The predicted molar refractivity (Wildman–Crippen MR) is 156 cm³/mol. The molecule has 1 fully saturated rings. The van der Waals surface area contributed by atoms with E-state index in [-0.39, 0.29) is 22.0 Å². The lowest BCUT2D eigenvalue weighted by atomic mass is 9.77. The molecule has 2 aromatic carbocycles. The van der Waals surface area contributed by atoms with Crippen LogP contribution in [0.3, 0.4) is 0 Å². The van der Waals surface area contributed by atoms with Gasteiger partial charge in [0.15, 0.2) is 0 Å². The first kappa shape index (κ1) is 25.9. The van der Waals surface area contributed by atoms with Crippen molar-refractivity contribution >= 4 is 34.4 Å². The van der Waals surface area contributed by atoms with E-state index < -0.39 is 7.12 Å². The monoisotopic (exact) mass is 494 g/mol. The largest absolute Gasteiger partial charge is 0.494 e. The summed E-state index contributed by atoms with van der Waals surface area (Å²) in [6, 6.07) is 19.4. The van der Waals surface area contributed by atoms with Crippen LogP contribution in [-0.4, -0.2) is 28.3 Å². The number of aromatic nitrogens is 2. The summed E-state index contributed by atoms with van der Waals surface area (Å²) in [5.41, 5.74) is 6.39. The number of hydrogen-bond donors (Lipinski definition) is 0. The van der Waals surface area contributed by atoms with Gasteiger partial charge in [0.2, 0.25) is 0 Å². The lowest BCUT2D eigenvalue weighted by Crippen LogP contribution is -2.41. The Morgan fingerprint density at radius 1 is 0.676 bits per heavy atom. The second-order valence-corrected chi connectivity index (χ2v) is 13.5. The van der Waals surface area contributed by atoms with E-state index in [9.17, 15) is 0 Å². The topological polar surface area (TPSA) is 44.2 Å². The first-order chi connectivity index (χ1) is 17.1. The standard InChI is InChI=1S/C32H39BN2O2/c1-29(2,3)25-17-15-20-14-16-23-24(19-26(30(4,5)6)35-28(23)27(20)34-25)21-12-11-13-22(18-21)33-36-31(7,8)32(9,10)37-33/h11-19H,1-10H3. The summed E-state index contributed by atoms with van der Waals surface area (Å²) in [5.74, 6) is 0. The summed E-state index contributed by atoms with van der Waals surface area (Å²) >= 11 is 0. The molecule has 1 aliphatic rings. The molecule has 3 heterocycles. The highest BCUT2D eigenvalue weighted by molar-refractivity contribution is 6.62. The van der Waals surface area contributed by atoms with Gasteiger partial charge in [0.1, 0.15) is 0 Å². The first-order valence-electron chi connectivity index (χ1n) is 13.3. The van der Waals surface area contributed by atoms with E-state index in [1.807, 2.05) is 0 Å². The highest BCUT2D eigenvalue weighted by atomic mass is 16.7. The Morgan fingerprint density at radius 3 is 1.89 bits per heavy atom. The maximum atomic E-state index is 6.36. The van der Waals surface area contributed by atoms with Gasteiger partial charge in [-0.3, -0.25) is 0 Å². The normalized spacial score (nSPS) is 17.6. The number of hydrogen-bond acceptors (Lipinski definition) is 4. The van der Waals surface area contributed by atoms with Gasteiger partial charge in [-0.15, -0.1) is 0 Å². The molecule has 5 rings (SSSR count). The molecule has 0 atom stereocenters. The van der Waals surface area contributed by atoms with Crippen molar-refractivity contribution in [1.82, 2.24) is 9.97 Å². The van der Waals surface area contributed by atoms with E-state index in [0.29, 0.717) is 0 Å². The van der Waals surface area contributed by atoms with Crippen molar-refractivity contribution in [2.75, 3.05) is 0 Å². The number of nitrogens with zero attached hydrogens (tertiary/aromatic N) is 2. The molecule has 0 saturated carbocycles. The minimum atomic E-state index is -0.406. The molecule has 0 amide bonds. The molecule has 37 heavy (non-hydrogen) atoms. The molecule has 0 radical (unpaired) electrons. The van der Waals surface area contributed by atoms with Gasteiger partial charge in [0.05, 0.1) is 22.2 Å². The average molecular weight is 494 g/mol. The van der Waals surface area contributed by atoms with Crippen molar-refractivity contribution in [3.63, 3.8) is 0 Å². The molecule has 5 heteroatoms. The Bertz CT molecular complexity index is 1490. The molecule has 4 nitrogen and oxygen atoms in total. The van der Waals surface area contributed by atoms with Crippen molar-refractivity contribution in [2.24, 2.45) is 0 Å². The van der Waals surface area contributed by atoms with E-state index in [2.05, 4.69) is 124 Å². The third-order valence-corrected chi connectivity index (χ3v) is 7.90. The zero-order valence-corrected chi connectivity index (χ0v) is 24.0. The SMILES string of the molecule is CC(C)(C)c1ccc2ccc3c(-c4cccc(B5OC(C)(C)C(C)(C)O5)c4)cc(C(C)(C)C)nc3c2n1. The number of fused-ring (bicyclic) bond motifs is 3. The number of pyridine rings is 2. The molecule has 0 unspecified atom stereocenters. The third-order valence-electron chi connectivity index (χ3n) is 7.90. The molecule has 0 N–H and O–H groups in total. The van der Waals surface area contributed by atoms with Gasteiger partial charge in [-0.1, -0.05) is 84.0 Å². The quantitative estimate of drug-likeness (QED) is 0.216.